The summed E-state index contributed by atoms with van der Waals surface area (Å²) >= 11 is 0. The summed E-state index contributed by atoms with van der Waals surface area (Å²) in [6, 6.07) is 1.40. The van der Waals surface area contributed by atoms with E-state index in [1.165, 1.54) is 11.8 Å². The average molecular weight is 433 g/mol. The third kappa shape index (κ3) is 3.19. The minimum Gasteiger partial charge on any atom is -0.469 e. The summed E-state index contributed by atoms with van der Waals surface area (Å²) < 4.78 is 38.3. The number of carbonyl (C=O) groups excluding carboxylic acids is 1. The van der Waals surface area contributed by atoms with Crippen LogP contribution < -0.4 is 10.1 Å². The van der Waals surface area contributed by atoms with E-state index in [-0.39, 0.29) is 0 Å². The first-order valence-electron chi connectivity index (χ1n) is 10.4. The van der Waals surface area contributed by atoms with Crippen molar-refractivity contribution in [2.24, 2.45) is 4.36 Å². The lowest BCUT2D eigenvalue weighted by atomic mass is 9.99. The maximum absolute atomic E-state index is 14.0. The number of nitrogens with zero attached hydrogens (tertiary/aromatic N) is 3. The van der Waals surface area contributed by atoms with E-state index in [4.69, 9.17) is 4.74 Å². The molecule has 30 heavy (non-hydrogen) atoms. The molecular weight excluding hydrogens is 407 g/mol. The van der Waals surface area contributed by atoms with Crippen molar-refractivity contribution in [3.05, 3.63) is 34.5 Å². The lowest BCUT2D eigenvalue weighted by Gasteiger charge is -2.20. The maximum atomic E-state index is 14.0. The summed E-state index contributed by atoms with van der Waals surface area (Å²) in [6.45, 7) is 4.56. The van der Waals surface area contributed by atoms with Crippen LogP contribution in [0.25, 0.3) is 0 Å². The quantitative estimate of drug-likeness (QED) is 0.726. The van der Waals surface area contributed by atoms with E-state index in [1.54, 1.807) is 4.68 Å². The average Bonchev–Trinajstić information content (AvgIpc) is 3.44. The molecule has 1 aromatic carbocycles. The monoisotopic (exact) mass is 432 g/mol. The molecule has 7 nitrogen and oxygen atoms in total. The highest BCUT2D eigenvalue weighted by Crippen LogP contribution is 2.39. The van der Waals surface area contributed by atoms with Crippen LogP contribution in [0.1, 0.15) is 48.9 Å². The van der Waals surface area contributed by atoms with Crippen molar-refractivity contribution in [2.75, 3.05) is 5.32 Å². The fraction of sp³-hybridized carbons (Fsp3) is 0.524. The lowest BCUT2D eigenvalue weighted by molar-refractivity contribution is 0.105. The first-order valence-corrected chi connectivity index (χ1v) is 11.6. The molecule has 3 aliphatic rings. The molecule has 2 aromatic rings. The Balaban J connectivity index is 1.42. The number of thiol groups is 1. The first-order chi connectivity index (χ1) is 14.4. The Morgan fingerprint density at radius 2 is 2.23 bits per heavy atom. The van der Waals surface area contributed by atoms with Gasteiger partial charge in [0.05, 0.1) is 23.3 Å². The van der Waals surface area contributed by atoms with Gasteiger partial charge in [0.25, 0.3) is 0 Å². The van der Waals surface area contributed by atoms with Gasteiger partial charge in [-0.15, -0.1) is 4.36 Å². The second-order valence-electron chi connectivity index (χ2n) is 8.59. The lowest BCUT2D eigenvalue weighted by Crippen LogP contribution is -2.30. The topological polar surface area (TPSA) is 85.6 Å². The van der Waals surface area contributed by atoms with Gasteiger partial charge in [0.15, 0.2) is 0 Å². The number of alkyl halides is 1. The summed E-state index contributed by atoms with van der Waals surface area (Å²) in [6.07, 6.45) is 4.78. The number of halogens is 1. The van der Waals surface area contributed by atoms with Crippen molar-refractivity contribution in [3.63, 3.8) is 0 Å². The van der Waals surface area contributed by atoms with Crippen LogP contribution in [0.15, 0.2) is 21.5 Å². The highest BCUT2D eigenvalue weighted by Gasteiger charge is 2.36. The third-order valence-electron chi connectivity index (χ3n) is 6.43. The van der Waals surface area contributed by atoms with Gasteiger partial charge in [-0.3, -0.25) is 0 Å². The van der Waals surface area contributed by atoms with E-state index in [0.29, 0.717) is 35.8 Å². The largest absolute Gasteiger partial charge is 0.469 e. The molecule has 1 aliphatic heterocycles. The minimum atomic E-state index is -2.36. The number of amides is 2. The molecule has 2 heterocycles. The number of aryl methyl sites for hydroxylation is 1. The van der Waals surface area contributed by atoms with Crippen LogP contribution in [0.2, 0.25) is 0 Å². The van der Waals surface area contributed by atoms with Gasteiger partial charge in [-0.1, -0.05) is 13.0 Å². The molecule has 1 unspecified atom stereocenters. The molecule has 2 amide bonds. The molecule has 9 heteroatoms. The highest BCUT2D eigenvalue weighted by molar-refractivity contribution is 7.75. The molecule has 0 bridgehead atoms. The number of carbonyl (C=O) groups is 1. The van der Waals surface area contributed by atoms with Crippen LogP contribution in [0, 0.1) is 0 Å². The summed E-state index contributed by atoms with van der Waals surface area (Å²) in [4.78, 5) is 13.0. The fourth-order valence-electron chi connectivity index (χ4n) is 4.70. The number of rotatable bonds is 3. The summed E-state index contributed by atoms with van der Waals surface area (Å²) in [5.41, 5.74) is 4.33. The van der Waals surface area contributed by atoms with Crippen molar-refractivity contribution in [2.45, 2.75) is 75.6 Å². The van der Waals surface area contributed by atoms with E-state index in [0.717, 1.165) is 42.4 Å². The molecule has 2 aliphatic carbocycles. The zero-order valence-electron chi connectivity index (χ0n) is 17.1. The van der Waals surface area contributed by atoms with Crippen LogP contribution in [0.5, 0.6) is 5.88 Å². The smallest absolute Gasteiger partial charge is 0.353 e. The van der Waals surface area contributed by atoms with Gasteiger partial charge in [0, 0.05) is 18.5 Å². The van der Waals surface area contributed by atoms with E-state index in [1.807, 2.05) is 13.8 Å². The standard InChI is InChI=1S/C21H25FN4O3S/c1-3-21(2)11-26-19(29-21)17(10-23-26)30(28)25-20(27)24-18-15-6-4-5-12(15)7-13-8-14(22)9-16(13)18/h7,10,14,30H,3-6,8-9,11H2,1-2H3,(H,24,27)/t14-,21-/m0/s1. The zero-order chi connectivity index (χ0) is 21.0. The number of anilines is 1. The molecule has 1 aromatic heterocycles. The number of hydrogen-bond donors (Lipinski definition) is 2. The molecule has 0 fully saturated rings. The first kappa shape index (κ1) is 19.5. The fourth-order valence-corrected chi connectivity index (χ4v) is 5.50. The molecular formula is C21H25FN4O3S. The van der Waals surface area contributed by atoms with Crippen molar-refractivity contribution < 1.29 is 18.1 Å². The SMILES string of the molecule is CC[C@@]1(C)Cn2ncc([SH](=O)=NC(=O)Nc3c4c(cc5c3C[C@@H](F)C5)CCC4)c2O1. The normalized spacial score (nSPS) is 25.0. The van der Waals surface area contributed by atoms with Crippen LogP contribution in [-0.2, 0) is 42.8 Å². The summed E-state index contributed by atoms with van der Waals surface area (Å²) in [7, 11) is -2.36. The van der Waals surface area contributed by atoms with Gasteiger partial charge in [0.2, 0.25) is 5.88 Å². The van der Waals surface area contributed by atoms with E-state index >= 15 is 0 Å². The Morgan fingerprint density at radius 1 is 1.40 bits per heavy atom. The Hall–Kier alpha value is -2.42. The van der Waals surface area contributed by atoms with Crippen molar-refractivity contribution in [1.82, 2.24) is 9.78 Å². The number of nitrogens with one attached hydrogen (secondary N) is 1. The summed E-state index contributed by atoms with van der Waals surface area (Å²) in [5, 5.41) is 7.06. The van der Waals surface area contributed by atoms with Gasteiger partial charge < -0.3 is 10.1 Å². The van der Waals surface area contributed by atoms with Crippen LogP contribution in [0.4, 0.5) is 14.9 Å². The Labute approximate surface area is 176 Å². The minimum absolute atomic E-state index is 0.296. The number of hydrogen-bond acceptors (Lipinski definition) is 4. The van der Waals surface area contributed by atoms with Gasteiger partial charge in [-0.05, 0) is 54.9 Å². The number of urea groups is 1. The number of fused-ring (bicyclic) bond motifs is 3. The molecule has 0 radical (unpaired) electrons. The molecule has 3 atom stereocenters. The molecule has 1 N–H and O–H groups in total. The second kappa shape index (κ2) is 7.08. The van der Waals surface area contributed by atoms with E-state index in [2.05, 4.69) is 20.8 Å². The van der Waals surface area contributed by atoms with Crippen molar-refractivity contribution >= 4 is 22.3 Å². The number of ether oxygens (including phenoxy) is 1. The Morgan fingerprint density at radius 3 is 3.03 bits per heavy atom. The molecule has 0 saturated heterocycles. The molecule has 5 rings (SSSR count). The van der Waals surface area contributed by atoms with Crippen molar-refractivity contribution in [3.8, 4) is 5.88 Å². The predicted octanol–water partition coefficient (Wildman–Crippen LogP) is 3.63. The van der Waals surface area contributed by atoms with Crippen LogP contribution in [-0.4, -0.2) is 31.8 Å². The van der Waals surface area contributed by atoms with Crippen molar-refractivity contribution in [1.29, 1.82) is 0 Å². The second-order valence-corrected chi connectivity index (χ2v) is 9.81. The van der Waals surface area contributed by atoms with Gasteiger partial charge in [-0.25, -0.2) is 18.1 Å². The summed E-state index contributed by atoms with van der Waals surface area (Å²) in [5.74, 6) is 0.416. The van der Waals surface area contributed by atoms with Gasteiger partial charge in [-0.2, -0.15) is 5.10 Å². The third-order valence-corrected chi connectivity index (χ3v) is 7.52. The van der Waals surface area contributed by atoms with E-state index in [9.17, 15) is 13.4 Å². The zero-order valence-corrected chi connectivity index (χ0v) is 18.0. The Bertz CT molecular complexity index is 1140. The number of aromatic nitrogens is 2. The molecule has 160 valence electrons. The Kier molecular flexibility index (Phi) is 4.61. The highest BCUT2D eigenvalue weighted by atomic mass is 32.2. The maximum Gasteiger partial charge on any atom is 0.353 e. The van der Waals surface area contributed by atoms with Crippen LogP contribution in [0.3, 0.4) is 0 Å². The predicted molar refractivity (Wildman–Crippen MR) is 112 cm³/mol. The van der Waals surface area contributed by atoms with E-state index < -0.39 is 28.4 Å². The van der Waals surface area contributed by atoms with Gasteiger partial charge >= 0.3 is 6.03 Å². The molecule has 0 saturated carbocycles. The molecule has 0 spiro atoms. The van der Waals surface area contributed by atoms with Crippen LogP contribution >= 0.6 is 0 Å². The number of benzene rings is 1. The van der Waals surface area contributed by atoms with Gasteiger partial charge in [0.1, 0.15) is 16.7 Å².